The first kappa shape index (κ1) is 10.1. The molecule has 0 saturated heterocycles. The van der Waals surface area contributed by atoms with Crippen molar-refractivity contribution >= 4 is 21.7 Å². The van der Waals surface area contributed by atoms with Crippen molar-refractivity contribution in [1.82, 2.24) is 4.98 Å². The zero-order valence-electron chi connectivity index (χ0n) is 7.74. The van der Waals surface area contributed by atoms with Crippen LogP contribution >= 0.6 is 15.9 Å². The lowest BCUT2D eigenvalue weighted by Gasteiger charge is -2.04. The van der Waals surface area contributed by atoms with Crippen molar-refractivity contribution in [2.24, 2.45) is 0 Å². The van der Waals surface area contributed by atoms with Gasteiger partial charge in [-0.3, -0.25) is 0 Å². The number of nitrogen functional groups attached to an aromatic ring is 1. The van der Waals surface area contributed by atoms with Crippen LogP contribution in [0.3, 0.4) is 0 Å². The second-order valence-corrected chi connectivity index (χ2v) is 3.93. The Kier molecular flexibility index (Phi) is 2.68. The van der Waals surface area contributed by atoms with E-state index < -0.39 is 0 Å². The summed E-state index contributed by atoms with van der Waals surface area (Å²) in [4.78, 5) is 3.86. The topological polar surface area (TPSA) is 38.9 Å². The average Bonchev–Trinajstić information content (AvgIpc) is 2.22. The van der Waals surface area contributed by atoms with Gasteiger partial charge in [-0.2, -0.15) is 0 Å². The van der Waals surface area contributed by atoms with Gasteiger partial charge in [0, 0.05) is 11.8 Å². The van der Waals surface area contributed by atoms with E-state index >= 15 is 0 Å². The molecule has 0 aliphatic rings. The number of aromatic nitrogens is 1. The molecule has 0 bridgehead atoms. The monoisotopic (exact) mass is 266 g/mol. The highest BCUT2D eigenvalue weighted by Gasteiger charge is 2.07. The van der Waals surface area contributed by atoms with Gasteiger partial charge < -0.3 is 5.73 Å². The number of pyridine rings is 1. The fraction of sp³-hybridized carbons (Fsp3) is 0. The minimum absolute atomic E-state index is 0.289. The molecule has 2 aromatic rings. The van der Waals surface area contributed by atoms with Gasteiger partial charge in [-0.05, 0) is 39.7 Å². The number of nitrogens with two attached hydrogens (primary N) is 1. The van der Waals surface area contributed by atoms with Crippen LogP contribution in [0.5, 0.6) is 0 Å². The quantitative estimate of drug-likeness (QED) is 0.861. The Morgan fingerprint density at radius 2 is 2.07 bits per heavy atom. The maximum absolute atomic E-state index is 13.7. The van der Waals surface area contributed by atoms with E-state index in [9.17, 15) is 4.39 Å². The molecule has 76 valence electrons. The van der Waals surface area contributed by atoms with Crippen molar-refractivity contribution in [3.05, 3.63) is 46.8 Å². The van der Waals surface area contributed by atoms with E-state index in [-0.39, 0.29) is 5.82 Å². The fourth-order valence-electron chi connectivity index (χ4n) is 1.34. The Balaban J connectivity index is 2.59. The Labute approximate surface area is 95.1 Å². The highest BCUT2D eigenvalue weighted by Crippen LogP contribution is 2.27. The number of halogens is 2. The maximum atomic E-state index is 13.7. The molecule has 15 heavy (non-hydrogen) atoms. The molecule has 1 aromatic heterocycles. The summed E-state index contributed by atoms with van der Waals surface area (Å²) in [6, 6.07) is 8.50. The number of anilines is 1. The van der Waals surface area contributed by atoms with Crippen LogP contribution in [0.4, 0.5) is 10.2 Å². The van der Waals surface area contributed by atoms with Gasteiger partial charge >= 0.3 is 0 Å². The molecule has 2 rings (SSSR count). The molecule has 0 spiro atoms. The molecule has 1 aromatic carbocycles. The zero-order chi connectivity index (χ0) is 10.8. The SMILES string of the molecule is Nc1cc(-c2cccc(Br)c2F)ccn1. The summed E-state index contributed by atoms with van der Waals surface area (Å²) < 4.78 is 14.2. The lowest BCUT2D eigenvalue weighted by atomic mass is 10.1. The summed E-state index contributed by atoms with van der Waals surface area (Å²) in [5, 5.41) is 0. The van der Waals surface area contributed by atoms with Crippen LogP contribution in [0.15, 0.2) is 41.0 Å². The third-order valence-electron chi connectivity index (χ3n) is 2.04. The van der Waals surface area contributed by atoms with Gasteiger partial charge in [0.1, 0.15) is 11.6 Å². The lowest BCUT2D eigenvalue weighted by Crippen LogP contribution is -1.91. The molecule has 0 radical (unpaired) electrons. The fourth-order valence-corrected chi connectivity index (χ4v) is 1.71. The van der Waals surface area contributed by atoms with Crippen molar-refractivity contribution in [2.75, 3.05) is 5.73 Å². The number of hydrogen-bond acceptors (Lipinski definition) is 2. The molecular weight excluding hydrogens is 259 g/mol. The smallest absolute Gasteiger partial charge is 0.145 e. The number of benzene rings is 1. The molecule has 1 heterocycles. The zero-order valence-corrected chi connectivity index (χ0v) is 9.33. The standard InChI is InChI=1S/C11H8BrFN2/c12-9-3-1-2-8(11(9)13)7-4-5-15-10(14)6-7/h1-6H,(H2,14,15). The third-order valence-corrected chi connectivity index (χ3v) is 2.66. The van der Waals surface area contributed by atoms with Crippen molar-refractivity contribution in [1.29, 1.82) is 0 Å². The lowest BCUT2D eigenvalue weighted by molar-refractivity contribution is 0.624. The minimum Gasteiger partial charge on any atom is -0.384 e. The second kappa shape index (κ2) is 3.98. The molecule has 2 N–H and O–H groups in total. The van der Waals surface area contributed by atoms with Gasteiger partial charge in [-0.1, -0.05) is 12.1 Å². The molecule has 0 saturated carbocycles. The second-order valence-electron chi connectivity index (χ2n) is 3.07. The van der Waals surface area contributed by atoms with Crippen LogP contribution in [0.2, 0.25) is 0 Å². The van der Waals surface area contributed by atoms with E-state index in [1.165, 1.54) is 0 Å². The van der Waals surface area contributed by atoms with Gasteiger partial charge in [-0.15, -0.1) is 0 Å². The summed E-state index contributed by atoms with van der Waals surface area (Å²) >= 11 is 3.14. The molecule has 0 amide bonds. The Morgan fingerprint density at radius 1 is 1.27 bits per heavy atom. The Bertz CT molecular complexity index is 500. The van der Waals surface area contributed by atoms with Gasteiger partial charge in [0.25, 0.3) is 0 Å². The summed E-state index contributed by atoms with van der Waals surface area (Å²) in [6.07, 6.45) is 1.56. The van der Waals surface area contributed by atoms with Crippen molar-refractivity contribution in [2.45, 2.75) is 0 Å². The van der Waals surface area contributed by atoms with E-state index in [1.807, 2.05) is 0 Å². The third kappa shape index (κ3) is 1.99. The molecule has 0 unspecified atom stereocenters. The largest absolute Gasteiger partial charge is 0.384 e. The average molecular weight is 267 g/mol. The number of hydrogen-bond donors (Lipinski definition) is 1. The first-order chi connectivity index (χ1) is 7.18. The van der Waals surface area contributed by atoms with Gasteiger partial charge in [0.15, 0.2) is 0 Å². The molecule has 0 aliphatic carbocycles. The van der Waals surface area contributed by atoms with E-state index in [4.69, 9.17) is 5.73 Å². The Morgan fingerprint density at radius 3 is 2.80 bits per heavy atom. The minimum atomic E-state index is -0.289. The van der Waals surface area contributed by atoms with Crippen LogP contribution in [0, 0.1) is 5.82 Å². The normalized spacial score (nSPS) is 10.3. The van der Waals surface area contributed by atoms with E-state index in [1.54, 1.807) is 36.5 Å². The molecule has 2 nitrogen and oxygen atoms in total. The summed E-state index contributed by atoms with van der Waals surface area (Å²) in [6.45, 7) is 0. The van der Waals surface area contributed by atoms with Crippen molar-refractivity contribution in [3.8, 4) is 11.1 Å². The van der Waals surface area contributed by atoms with Crippen LogP contribution in [0.25, 0.3) is 11.1 Å². The molecular formula is C11H8BrFN2. The van der Waals surface area contributed by atoms with Gasteiger partial charge in [0.05, 0.1) is 4.47 Å². The molecule has 0 atom stereocenters. The molecule has 0 fully saturated rings. The molecule has 4 heteroatoms. The van der Waals surface area contributed by atoms with Gasteiger partial charge in [-0.25, -0.2) is 9.37 Å². The van der Waals surface area contributed by atoms with Crippen LogP contribution < -0.4 is 5.73 Å². The summed E-state index contributed by atoms with van der Waals surface area (Å²) in [5.74, 6) is 0.0926. The first-order valence-corrected chi connectivity index (χ1v) is 5.13. The highest BCUT2D eigenvalue weighted by molar-refractivity contribution is 9.10. The highest BCUT2D eigenvalue weighted by atomic mass is 79.9. The maximum Gasteiger partial charge on any atom is 0.145 e. The van der Waals surface area contributed by atoms with E-state index in [0.717, 1.165) is 5.56 Å². The summed E-state index contributed by atoms with van der Waals surface area (Å²) in [5.41, 5.74) is 6.77. The Hall–Kier alpha value is -1.42. The summed E-state index contributed by atoms with van der Waals surface area (Å²) in [7, 11) is 0. The first-order valence-electron chi connectivity index (χ1n) is 4.34. The van der Waals surface area contributed by atoms with Crippen molar-refractivity contribution in [3.63, 3.8) is 0 Å². The predicted molar refractivity (Wildman–Crippen MR) is 61.7 cm³/mol. The number of rotatable bonds is 1. The molecule has 0 aliphatic heterocycles. The van der Waals surface area contributed by atoms with E-state index in [0.29, 0.717) is 15.9 Å². The van der Waals surface area contributed by atoms with Crippen LogP contribution in [0.1, 0.15) is 0 Å². The number of nitrogens with zero attached hydrogens (tertiary/aromatic N) is 1. The van der Waals surface area contributed by atoms with Gasteiger partial charge in [0.2, 0.25) is 0 Å². The van der Waals surface area contributed by atoms with Crippen LogP contribution in [-0.2, 0) is 0 Å². The van der Waals surface area contributed by atoms with Crippen LogP contribution in [-0.4, -0.2) is 4.98 Å². The van der Waals surface area contributed by atoms with E-state index in [2.05, 4.69) is 20.9 Å². The predicted octanol–water partition coefficient (Wildman–Crippen LogP) is 3.23. The van der Waals surface area contributed by atoms with Crippen molar-refractivity contribution < 1.29 is 4.39 Å².